The monoisotopic (exact) mass is 370 g/mol. The van der Waals surface area contributed by atoms with Gasteiger partial charge in [0.25, 0.3) is 0 Å². The lowest BCUT2D eigenvalue weighted by Gasteiger charge is -2.31. The van der Waals surface area contributed by atoms with Crippen LogP contribution in [0, 0.1) is 0 Å². The van der Waals surface area contributed by atoms with Gasteiger partial charge >= 0.3 is 0 Å². The molecule has 0 N–H and O–H groups in total. The normalized spacial score (nSPS) is 24.0. The summed E-state index contributed by atoms with van der Waals surface area (Å²) in [5.41, 5.74) is 0. The predicted octanol–water partition coefficient (Wildman–Crippen LogP) is 2.29. The van der Waals surface area contributed by atoms with E-state index in [1.165, 1.54) is 12.8 Å². The molecule has 0 bridgehead atoms. The molecule has 1 aromatic rings. The fourth-order valence-electron chi connectivity index (χ4n) is 3.43. The number of benzene rings is 1. The van der Waals surface area contributed by atoms with Gasteiger partial charge in [-0.25, -0.2) is 8.42 Å². The van der Waals surface area contributed by atoms with Crippen molar-refractivity contribution >= 4 is 21.8 Å². The molecule has 0 amide bonds. The van der Waals surface area contributed by atoms with Crippen molar-refractivity contribution in [1.82, 2.24) is 9.21 Å². The SMILES string of the molecule is COc1cccc(S(=O)(=O)N2CCCSCC2CN2CCCC2)c1. The second kappa shape index (κ2) is 8.08. The van der Waals surface area contributed by atoms with E-state index in [0.717, 1.165) is 37.6 Å². The van der Waals surface area contributed by atoms with Gasteiger partial charge in [-0.3, -0.25) is 0 Å². The Kier molecular flexibility index (Phi) is 6.07. The fourth-order valence-corrected chi connectivity index (χ4v) is 6.27. The second-order valence-corrected chi connectivity index (χ2v) is 9.43. The molecule has 0 aliphatic carbocycles. The van der Waals surface area contributed by atoms with Gasteiger partial charge in [0.05, 0.1) is 12.0 Å². The van der Waals surface area contributed by atoms with Gasteiger partial charge in [-0.15, -0.1) is 0 Å². The molecule has 0 spiro atoms. The number of sulfonamides is 1. The van der Waals surface area contributed by atoms with Crippen LogP contribution in [-0.2, 0) is 10.0 Å². The van der Waals surface area contributed by atoms with E-state index in [4.69, 9.17) is 4.74 Å². The molecule has 1 atom stereocenters. The predicted molar refractivity (Wildman–Crippen MR) is 98.3 cm³/mol. The molecule has 2 aliphatic rings. The molecule has 7 heteroatoms. The lowest BCUT2D eigenvalue weighted by molar-refractivity contribution is 0.243. The summed E-state index contributed by atoms with van der Waals surface area (Å²) in [6.07, 6.45) is 3.36. The third-order valence-corrected chi connectivity index (χ3v) is 7.85. The van der Waals surface area contributed by atoms with Crippen molar-refractivity contribution in [3.63, 3.8) is 0 Å². The molecule has 0 radical (unpaired) electrons. The Morgan fingerprint density at radius 2 is 2.00 bits per heavy atom. The summed E-state index contributed by atoms with van der Waals surface area (Å²) in [7, 11) is -1.94. The zero-order valence-corrected chi connectivity index (χ0v) is 15.8. The molecule has 3 rings (SSSR count). The van der Waals surface area contributed by atoms with Crippen molar-refractivity contribution < 1.29 is 13.2 Å². The average Bonchev–Trinajstić information content (AvgIpc) is 2.98. The molecule has 24 heavy (non-hydrogen) atoms. The summed E-state index contributed by atoms with van der Waals surface area (Å²) >= 11 is 1.87. The maximum absolute atomic E-state index is 13.2. The Morgan fingerprint density at radius 1 is 1.21 bits per heavy atom. The zero-order chi connectivity index (χ0) is 17.0. The molecule has 5 nitrogen and oxygen atoms in total. The summed E-state index contributed by atoms with van der Waals surface area (Å²) in [6.45, 7) is 3.63. The van der Waals surface area contributed by atoms with Crippen LogP contribution in [0.25, 0.3) is 0 Å². The molecule has 0 aromatic heterocycles. The van der Waals surface area contributed by atoms with E-state index in [-0.39, 0.29) is 6.04 Å². The van der Waals surface area contributed by atoms with Gasteiger partial charge in [0.1, 0.15) is 5.75 Å². The van der Waals surface area contributed by atoms with Gasteiger partial charge in [0.2, 0.25) is 10.0 Å². The quantitative estimate of drug-likeness (QED) is 0.796. The van der Waals surface area contributed by atoms with E-state index < -0.39 is 10.0 Å². The smallest absolute Gasteiger partial charge is 0.243 e. The molecule has 2 fully saturated rings. The number of nitrogens with zero attached hydrogens (tertiary/aromatic N) is 2. The van der Waals surface area contributed by atoms with Gasteiger partial charge in [-0.1, -0.05) is 6.07 Å². The third kappa shape index (κ3) is 4.07. The van der Waals surface area contributed by atoms with Gasteiger partial charge in [-0.05, 0) is 50.2 Å². The Hall–Kier alpha value is -0.760. The number of ether oxygens (including phenoxy) is 1. The van der Waals surface area contributed by atoms with Crippen LogP contribution in [0.5, 0.6) is 5.75 Å². The first-order chi connectivity index (χ1) is 11.6. The molecule has 0 saturated carbocycles. The van der Waals surface area contributed by atoms with E-state index in [9.17, 15) is 8.42 Å². The third-order valence-electron chi connectivity index (χ3n) is 4.70. The summed E-state index contributed by atoms with van der Waals surface area (Å²) < 4.78 is 33.4. The van der Waals surface area contributed by atoms with Crippen molar-refractivity contribution in [1.29, 1.82) is 0 Å². The van der Waals surface area contributed by atoms with Crippen molar-refractivity contribution in [3.8, 4) is 5.75 Å². The highest BCUT2D eigenvalue weighted by Gasteiger charge is 2.34. The van der Waals surface area contributed by atoms with Crippen LogP contribution in [0.1, 0.15) is 19.3 Å². The van der Waals surface area contributed by atoms with Crippen LogP contribution in [0.2, 0.25) is 0 Å². The average molecular weight is 371 g/mol. The first-order valence-corrected chi connectivity index (χ1v) is 11.2. The molecule has 1 unspecified atom stereocenters. The Bertz CT molecular complexity index is 645. The second-order valence-electron chi connectivity index (χ2n) is 6.38. The van der Waals surface area contributed by atoms with Crippen LogP contribution >= 0.6 is 11.8 Å². The highest BCUT2D eigenvalue weighted by Crippen LogP contribution is 2.27. The van der Waals surface area contributed by atoms with Gasteiger partial charge in [0.15, 0.2) is 0 Å². The fraction of sp³-hybridized carbons (Fsp3) is 0.647. The van der Waals surface area contributed by atoms with Gasteiger partial charge in [-0.2, -0.15) is 16.1 Å². The number of hydrogen-bond acceptors (Lipinski definition) is 5. The number of methoxy groups -OCH3 is 1. The minimum Gasteiger partial charge on any atom is -0.497 e. The highest BCUT2D eigenvalue weighted by molar-refractivity contribution is 7.99. The Balaban J connectivity index is 1.85. The first kappa shape index (κ1) is 18.0. The molecule has 1 aromatic carbocycles. The summed E-state index contributed by atoms with van der Waals surface area (Å²) in [6, 6.07) is 6.86. The summed E-state index contributed by atoms with van der Waals surface area (Å²) in [4.78, 5) is 2.74. The molecule has 2 saturated heterocycles. The number of hydrogen-bond donors (Lipinski definition) is 0. The van der Waals surface area contributed by atoms with Crippen molar-refractivity contribution in [2.24, 2.45) is 0 Å². The molecule has 134 valence electrons. The molecular formula is C17H26N2O3S2. The number of rotatable bonds is 5. The lowest BCUT2D eigenvalue weighted by Crippen LogP contribution is -2.47. The Labute approximate surface area is 149 Å². The van der Waals surface area contributed by atoms with Crippen LogP contribution in [0.3, 0.4) is 0 Å². The van der Waals surface area contributed by atoms with E-state index >= 15 is 0 Å². The van der Waals surface area contributed by atoms with Crippen molar-refractivity contribution in [2.75, 3.05) is 44.8 Å². The topological polar surface area (TPSA) is 49.9 Å². The van der Waals surface area contributed by atoms with E-state index in [0.29, 0.717) is 17.2 Å². The van der Waals surface area contributed by atoms with E-state index in [2.05, 4.69) is 4.90 Å². The van der Waals surface area contributed by atoms with Gasteiger partial charge < -0.3 is 9.64 Å². The Morgan fingerprint density at radius 3 is 2.75 bits per heavy atom. The van der Waals surface area contributed by atoms with Crippen LogP contribution in [0.15, 0.2) is 29.2 Å². The maximum Gasteiger partial charge on any atom is 0.243 e. The molecule has 2 heterocycles. The standard InChI is InChI=1S/C17H26N2O3S2/c1-22-16-6-4-7-17(12-16)24(20,21)19-10-5-11-23-14-15(19)13-18-8-2-3-9-18/h4,6-7,12,15H,2-3,5,8-11,13-14H2,1H3. The molecular weight excluding hydrogens is 344 g/mol. The van der Waals surface area contributed by atoms with Crippen molar-refractivity contribution in [2.45, 2.75) is 30.2 Å². The largest absolute Gasteiger partial charge is 0.497 e. The van der Waals surface area contributed by atoms with Crippen LogP contribution in [0.4, 0.5) is 0 Å². The van der Waals surface area contributed by atoms with Gasteiger partial charge in [0, 0.05) is 31.0 Å². The first-order valence-electron chi connectivity index (χ1n) is 8.57. The minimum atomic E-state index is -3.50. The van der Waals surface area contributed by atoms with Crippen LogP contribution in [-0.4, -0.2) is 68.5 Å². The van der Waals surface area contributed by atoms with E-state index in [1.54, 1.807) is 35.7 Å². The minimum absolute atomic E-state index is 0.0480. The zero-order valence-electron chi connectivity index (χ0n) is 14.2. The highest BCUT2D eigenvalue weighted by atomic mass is 32.2. The molecule has 2 aliphatic heterocycles. The number of thioether (sulfide) groups is 1. The summed E-state index contributed by atoms with van der Waals surface area (Å²) in [5.74, 6) is 2.48. The lowest BCUT2D eigenvalue weighted by atomic mass is 10.3. The maximum atomic E-state index is 13.2. The van der Waals surface area contributed by atoms with E-state index in [1.807, 2.05) is 11.8 Å². The van der Waals surface area contributed by atoms with Crippen LogP contribution < -0.4 is 4.74 Å². The number of likely N-dealkylation sites (tertiary alicyclic amines) is 1. The van der Waals surface area contributed by atoms with Crippen molar-refractivity contribution in [3.05, 3.63) is 24.3 Å². The summed E-state index contributed by atoms with van der Waals surface area (Å²) in [5, 5.41) is 0.